The Morgan fingerprint density at radius 2 is 2.50 bits per heavy atom. The van der Waals surface area contributed by atoms with Gasteiger partial charge in [-0.25, -0.2) is 0 Å². The zero-order chi connectivity index (χ0) is 4.99. The maximum absolute atomic E-state index is 8.49. The molecule has 0 aromatic carbocycles. The minimum absolute atomic E-state index is 0.185. The van der Waals surface area contributed by atoms with Gasteiger partial charge in [-0.2, -0.15) is 0 Å². The summed E-state index contributed by atoms with van der Waals surface area (Å²) in [5.74, 6) is 0. The fourth-order valence-corrected chi connectivity index (χ4v) is 0.575. The summed E-state index contributed by atoms with van der Waals surface area (Å²) >= 11 is 0. The lowest BCUT2D eigenvalue weighted by Crippen LogP contribution is -2.12. The number of hydrogen-bond acceptors (Lipinski definition) is 2. The van der Waals surface area contributed by atoms with Gasteiger partial charge in [0.1, 0.15) is 0 Å². The highest BCUT2D eigenvalue weighted by Gasteiger charge is 1.87. The predicted molar refractivity (Wildman–Crippen MR) is 27.8 cm³/mol. The molecule has 0 fully saturated rings. The van der Waals surface area contributed by atoms with Crippen LogP contribution in [0.1, 0.15) is 0 Å². The lowest BCUT2D eigenvalue weighted by Gasteiger charge is -1.97. The predicted octanol–water partition coefficient (Wildman–Crippen LogP) is -1.68. The largest absolute Gasteiger partial charge is 0.395 e. The third-order valence-corrected chi connectivity index (χ3v) is 0.741. The van der Waals surface area contributed by atoms with Crippen molar-refractivity contribution >= 4 is 10.2 Å². The number of aliphatic hydroxyl groups excluding tert-OH is 1. The molecule has 0 spiro atoms. The molecule has 0 heterocycles. The maximum atomic E-state index is 8.49. The zero-order valence-corrected chi connectivity index (χ0v) is 6.14. The first-order chi connectivity index (χ1) is 2.77. The van der Waals surface area contributed by atoms with Gasteiger partial charge in [-0.05, 0) is 0 Å². The number of ether oxygens (including phenoxy) is 1. The summed E-state index contributed by atoms with van der Waals surface area (Å²) in [7, 11) is 2.39. The highest BCUT2D eigenvalue weighted by atomic mass is 28.1. The molecule has 1 unspecified atom stereocenters. The number of methoxy groups -OCH3 is 1. The van der Waals surface area contributed by atoms with Gasteiger partial charge in [0.2, 0.25) is 0 Å². The van der Waals surface area contributed by atoms with Gasteiger partial charge < -0.3 is 9.84 Å². The van der Waals surface area contributed by atoms with E-state index in [1.807, 2.05) is 0 Å². The van der Waals surface area contributed by atoms with E-state index >= 15 is 0 Å². The molecular weight excluding hydrogens is 96.1 g/mol. The fraction of sp³-hybridized carbons (Fsp3) is 1.00. The van der Waals surface area contributed by atoms with Crippen molar-refractivity contribution in [2.75, 3.05) is 13.7 Å². The van der Waals surface area contributed by atoms with Crippen LogP contribution < -0.4 is 0 Å². The van der Waals surface area contributed by atoms with Gasteiger partial charge in [0.15, 0.2) is 0 Å². The van der Waals surface area contributed by atoms with Crippen molar-refractivity contribution < 1.29 is 9.84 Å². The smallest absolute Gasteiger partial charge is 0.0682 e. The summed E-state index contributed by atoms with van der Waals surface area (Å²) in [6, 6.07) is 0. The van der Waals surface area contributed by atoms with E-state index in [0.29, 0.717) is 6.61 Å². The monoisotopic (exact) mass is 106 g/mol. The van der Waals surface area contributed by atoms with Crippen molar-refractivity contribution in [3.8, 4) is 0 Å². The summed E-state index contributed by atoms with van der Waals surface area (Å²) < 4.78 is 4.59. The number of hydrogen-bond donors (Lipinski definition) is 1. The van der Waals surface area contributed by atoms with Crippen LogP contribution in [0.15, 0.2) is 0 Å². The van der Waals surface area contributed by atoms with Crippen LogP contribution >= 0.6 is 0 Å². The van der Waals surface area contributed by atoms with E-state index in [0.717, 1.165) is 10.2 Å². The number of aliphatic hydroxyl groups is 1. The minimum Gasteiger partial charge on any atom is -0.395 e. The second kappa shape index (κ2) is 3.33. The van der Waals surface area contributed by atoms with Crippen molar-refractivity contribution in [3.63, 3.8) is 0 Å². The summed E-state index contributed by atoms with van der Waals surface area (Å²) in [5.41, 5.74) is -0.185. The number of rotatable bonds is 2. The minimum atomic E-state index is -0.185. The van der Waals surface area contributed by atoms with Crippen LogP contribution in [-0.4, -0.2) is 34.8 Å². The Kier molecular flexibility index (Phi) is 3.41. The topological polar surface area (TPSA) is 29.5 Å². The molecule has 0 saturated heterocycles. The average Bonchev–Trinajstić information content (AvgIpc) is 1.35. The Bertz CT molecular complexity index is 30.0. The van der Waals surface area contributed by atoms with E-state index in [1.54, 1.807) is 7.11 Å². The highest BCUT2D eigenvalue weighted by molar-refractivity contribution is 6.10. The first-order valence-corrected chi connectivity index (χ1v) is 3.10. The second-order valence-corrected chi connectivity index (χ2v) is 2.64. The lowest BCUT2D eigenvalue weighted by molar-refractivity contribution is 0.112. The third kappa shape index (κ3) is 4.14. The molecule has 38 valence electrons. The summed E-state index contributed by atoms with van der Waals surface area (Å²) in [6.07, 6.45) is 0. The molecular formula is C3H10O2Si. The molecule has 1 atom stereocenters. The van der Waals surface area contributed by atoms with Crippen LogP contribution in [0, 0.1) is 0 Å². The van der Waals surface area contributed by atoms with Crippen molar-refractivity contribution in [1.29, 1.82) is 0 Å². The molecule has 0 aliphatic heterocycles. The molecule has 0 aromatic rings. The second-order valence-electron chi connectivity index (χ2n) is 1.30. The Morgan fingerprint density at radius 3 is 2.50 bits per heavy atom. The van der Waals surface area contributed by atoms with Gasteiger partial charge in [0, 0.05) is 17.4 Å². The van der Waals surface area contributed by atoms with Gasteiger partial charge in [-0.1, -0.05) is 0 Å². The van der Waals surface area contributed by atoms with Crippen molar-refractivity contribution in [1.82, 2.24) is 0 Å². The van der Waals surface area contributed by atoms with E-state index in [9.17, 15) is 0 Å². The van der Waals surface area contributed by atoms with Crippen LogP contribution in [0.25, 0.3) is 0 Å². The molecule has 0 bridgehead atoms. The Morgan fingerprint density at radius 1 is 2.00 bits per heavy atom. The molecule has 0 aromatic heterocycles. The maximum Gasteiger partial charge on any atom is 0.0682 e. The van der Waals surface area contributed by atoms with Crippen molar-refractivity contribution in [2.24, 2.45) is 0 Å². The van der Waals surface area contributed by atoms with Gasteiger partial charge in [0.25, 0.3) is 0 Å². The summed E-state index contributed by atoms with van der Waals surface area (Å²) in [6.45, 7) is 0.492. The molecule has 1 N–H and O–H groups in total. The average molecular weight is 106 g/mol. The van der Waals surface area contributed by atoms with Crippen LogP contribution in [0.5, 0.6) is 0 Å². The van der Waals surface area contributed by atoms with E-state index in [1.165, 1.54) is 0 Å². The van der Waals surface area contributed by atoms with Crippen molar-refractivity contribution in [3.05, 3.63) is 0 Å². The van der Waals surface area contributed by atoms with Crippen LogP contribution in [0.2, 0.25) is 0 Å². The SMILES string of the molecule is COCC(O)[SiH3]. The molecule has 0 aliphatic carbocycles. The standard InChI is InChI=1S/C3H10O2Si/c1-5-2-3(4)6/h3-4H,2H2,1,6H3. The first-order valence-electron chi connectivity index (χ1n) is 1.94. The zero-order valence-electron chi connectivity index (χ0n) is 4.14. The van der Waals surface area contributed by atoms with E-state index in [-0.39, 0.29) is 5.73 Å². The van der Waals surface area contributed by atoms with Crippen LogP contribution in [0.3, 0.4) is 0 Å². The fourth-order valence-electron chi connectivity index (χ4n) is 0.241. The molecule has 0 radical (unpaired) electrons. The van der Waals surface area contributed by atoms with E-state index < -0.39 is 0 Å². The first kappa shape index (κ1) is 6.14. The molecule has 0 amide bonds. The van der Waals surface area contributed by atoms with Gasteiger partial charge in [-0.15, -0.1) is 0 Å². The normalized spacial score (nSPS) is 15.0. The van der Waals surface area contributed by atoms with Crippen LogP contribution in [0.4, 0.5) is 0 Å². The third-order valence-electron chi connectivity index (χ3n) is 0.408. The van der Waals surface area contributed by atoms with Gasteiger partial charge >= 0.3 is 0 Å². The van der Waals surface area contributed by atoms with Gasteiger partial charge in [0.05, 0.1) is 12.3 Å². The molecule has 6 heavy (non-hydrogen) atoms. The molecule has 0 rings (SSSR count). The van der Waals surface area contributed by atoms with Crippen molar-refractivity contribution in [2.45, 2.75) is 5.73 Å². The summed E-state index contributed by atoms with van der Waals surface area (Å²) in [5, 5.41) is 8.49. The Hall–Kier alpha value is 0.137. The van der Waals surface area contributed by atoms with Gasteiger partial charge in [-0.3, -0.25) is 0 Å². The lowest BCUT2D eigenvalue weighted by atomic mass is 10.8. The van der Waals surface area contributed by atoms with E-state index in [2.05, 4.69) is 4.74 Å². The molecule has 0 saturated carbocycles. The molecule has 0 aliphatic rings. The Balaban J connectivity index is 2.63. The quantitative estimate of drug-likeness (QED) is 0.426. The summed E-state index contributed by atoms with van der Waals surface area (Å²) in [4.78, 5) is 0. The molecule has 3 heteroatoms. The highest BCUT2D eigenvalue weighted by Crippen LogP contribution is 1.70. The Labute approximate surface area is 40.5 Å². The van der Waals surface area contributed by atoms with E-state index in [4.69, 9.17) is 5.11 Å². The van der Waals surface area contributed by atoms with Crippen LogP contribution in [-0.2, 0) is 4.74 Å². The molecule has 2 nitrogen and oxygen atoms in total.